The van der Waals surface area contributed by atoms with E-state index in [1.54, 1.807) is 0 Å². The maximum absolute atomic E-state index is 2.81. The average Bonchev–Trinajstić information content (AvgIpc) is 2.63. The summed E-state index contributed by atoms with van der Waals surface area (Å²) in [5, 5.41) is 0. The van der Waals surface area contributed by atoms with E-state index < -0.39 is 0 Å². The standard InChI is InChI=1S/C30H52/c1-25(2)16-17-27(5)18-19-29(7)21(22(27)20-25)10-11-24-28(6)14-9-13-26(3,4)23(28)12-15-30(24,29)8/h21-24H,9-20H2,1-8H3. The Morgan fingerprint density at radius 2 is 1.23 bits per heavy atom. The lowest BCUT2D eigenvalue weighted by molar-refractivity contribution is -0.243. The third-order valence-corrected chi connectivity index (χ3v) is 13.4. The highest BCUT2D eigenvalue weighted by Crippen LogP contribution is 2.76. The molecule has 172 valence electrons. The summed E-state index contributed by atoms with van der Waals surface area (Å²) >= 11 is 0. The Kier molecular flexibility index (Phi) is 4.59. The Balaban J connectivity index is 1.53. The van der Waals surface area contributed by atoms with E-state index in [-0.39, 0.29) is 0 Å². The molecule has 0 aromatic heterocycles. The predicted octanol–water partition coefficient (Wildman–Crippen LogP) is 9.28. The molecule has 30 heavy (non-hydrogen) atoms. The van der Waals surface area contributed by atoms with E-state index in [9.17, 15) is 0 Å². The molecule has 0 amide bonds. The van der Waals surface area contributed by atoms with Gasteiger partial charge in [0, 0.05) is 0 Å². The molecule has 0 N–H and O–H groups in total. The SMILES string of the molecule is CC1(C)CCC2(C)CCC3(C)C(CCC4C5(C)CCCC(C)(C)C5CCC43C)C2C1. The molecule has 5 rings (SSSR count). The molecule has 5 fully saturated rings. The second-order valence-electron chi connectivity index (χ2n) is 15.6. The van der Waals surface area contributed by atoms with Gasteiger partial charge in [0.15, 0.2) is 0 Å². The molecule has 0 aromatic rings. The van der Waals surface area contributed by atoms with Crippen molar-refractivity contribution in [3.8, 4) is 0 Å². The van der Waals surface area contributed by atoms with Crippen LogP contribution < -0.4 is 0 Å². The summed E-state index contributed by atoms with van der Waals surface area (Å²) in [4.78, 5) is 0. The fourth-order valence-electron chi connectivity index (χ4n) is 11.4. The van der Waals surface area contributed by atoms with Crippen LogP contribution in [0.2, 0.25) is 0 Å². The van der Waals surface area contributed by atoms with Crippen LogP contribution in [-0.4, -0.2) is 0 Å². The van der Waals surface area contributed by atoms with Crippen LogP contribution in [0.5, 0.6) is 0 Å². The van der Waals surface area contributed by atoms with Gasteiger partial charge in [-0.2, -0.15) is 0 Å². The van der Waals surface area contributed by atoms with E-state index in [0.717, 1.165) is 23.7 Å². The molecule has 0 nitrogen and oxygen atoms in total. The summed E-state index contributed by atoms with van der Waals surface area (Å²) in [6.07, 6.45) is 18.0. The van der Waals surface area contributed by atoms with Crippen LogP contribution in [0, 0.1) is 56.2 Å². The van der Waals surface area contributed by atoms with E-state index >= 15 is 0 Å². The lowest BCUT2D eigenvalue weighted by Crippen LogP contribution is -2.65. The Bertz CT molecular complexity index is 701. The Labute approximate surface area is 188 Å². The van der Waals surface area contributed by atoms with Crippen LogP contribution >= 0.6 is 0 Å². The first kappa shape index (κ1) is 21.8. The maximum Gasteiger partial charge on any atom is -0.0235 e. The molecule has 0 aromatic carbocycles. The first-order valence-electron chi connectivity index (χ1n) is 13.8. The quantitative estimate of drug-likeness (QED) is 0.372. The van der Waals surface area contributed by atoms with Crippen molar-refractivity contribution >= 4 is 0 Å². The lowest BCUT2D eigenvalue weighted by Gasteiger charge is -2.73. The highest BCUT2D eigenvalue weighted by molar-refractivity contribution is 5.17. The molecule has 5 aliphatic carbocycles. The molecule has 5 saturated carbocycles. The van der Waals surface area contributed by atoms with Crippen LogP contribution in [0.4, 0.5) is 0 Å². The minimum atomic E-state index is 0.560. The highest BCUT2D eigenvalue weighted by atomic mass is 14.7. The number of rotatable bonds is 0. The Morgan fingerprint density at radius 1 is 0.533 bits per heavy atom. The monoisotopic (exact) mass is 412 g/mol. The lowest BCUT2D eigenvalue weighted by atomic mass is 9.31. The second-order valence-corrected chi connectivity index (χ2v) is 15.6. The fraction of sp³-hybridized carbons (Fsp3) is 1.00. The molecule has 0 bridgehead atoms. The Morgan fingerprint density at radius 3 is 1.97 bits per heavy atom. The zero-order chi connectivity index (χ0) is 21.8. The summed E-state index contributed by atoms with van der Waals surface area (Å²) < 4.78 is 0. The number of fused-ring (bicyclic) bond motifs is 7. The van der Waals surface area contributed by atoms with E-state index in [1.165, 1.54) is 77.0 Å². The van der Waals surface area contributed by atoms with E-state index in [4.69, 9.17) is 0 Å². The minimum Gasteiger partial charge on any atom is -0.0599 e. The van der Waals surface area contributed by atoms with Gasteiger partial charge in [-0.05, 0) is 127 Å². The van der Waals surface area contributed by atoms with Crippen molar-refractivity contribution in [1.29, 1.82) is 0 Å². The third kappa shape index (κ3) is 2.70. The minimum absolute atomic E-state index is 0.560. The Hall–Kier alpha value is 0. The number of hydrogen-bond acceptors (Lipinski definition) is 0. The van der Waals surface area contributed by atoms with Crippen molar-refractivity contribution < 1.29 is 0 Å². The van der Waals surface area contributed by atoms with Gasteiger partial charge in [-0.1, -0.05) is 61.8 Å². The van der Waals surface area contributed by atoms with Gasteiger partial charge in [0.05, 0.1) is 0 Å². The molecular formula is C30H52. The van der Waals surface area contributed by atoms with Crippen molar-refractivity contribution in [3.63, 3.8) is 0 Å². The number of hydrogen-bond donors (Lipinski definition) is 0. The summed E-state index contributed by atoms with van der Waals surface area (Å²) in [5.41, 5.74) is 3.49. The van der Waals surface area contributed by atoms with Crippen molar-refractivity contribution in [2.24, 2.45) is 56.2 Å². The van der Waals surface area contributed by atoms with Gasteiger partial charge in [-0.3, -0.25) is 0 Å². The molecule has 0 aliphatic heterocycles. The van der Waals surface area contributed by atoms with Crippen molar-refractivity contribution in [3.05, 3.63) is 0 Å². The maximum atomic E-state index is 2.81. The molecule has 0 saturated heterocycles. The van der Waals surface area contributed by atoms with E-state index in [1.807, 2.05) is 0 Å². The molecule has 0 heteroatoms. The zero-order valence-corrected chi connectivity index (χ0v) is 21.8. The highest BCUT2D eigenvalue weighted by Gasteiger charge is 2.68. The van der Waals surface area contributed by atoms with Crippen LogP contribution in [0.1, 0.15) is 132 Å². The summed E-state index contributed by atoms with van der Waals surface area (Å²) in [7, 11) is 0. The smallest absolute Gasteiger partial charge is 0.0235 e. The molecule has 5 aliphatic rings. The van der Waals surface area contributed by atoms with E-state index in [0.29, 0.717) is 32.5 Å². The second kappa shape index (κ2) is 6.32. The van der Waals surface area contributed by atoms with Crippen molar-refractivity contribution in [2.45, 2.75) is 132 Å². The van der Waals surface area contributed by atoms with Gasteiger partial charge in [0.25, 0.3) is 0 Å². The largest absolute Gasteiger partial charge is 0.0599 e. The van der Waals surface area contributed by atoms with Crippen molar-refractivity contribution in [2.75, 3.05) is 0 Å². The molecular weight excluding hydrogens is 360 g/mol. The van der Waals surface area contributed by atoms with Crippen LogP contribution in [-0.2, 0) is 0 Å². The molecule has 0 heterocycles. The van der Waals surface area contributed by atoms with Gasteiger partial charge in [-0.15, -0.1) is 0 Å². The summed E-state index contributed by atoms with van der Waals surface area (Å²) in [6, 6.07) is 0. The molecule has 8 unspecified atom stereocenters. The molecule has 0 spiro atoms. The first-order chi connectivity index (χ1) is 13.8. The molecule has 8 atom stereocenters. The van der Waals surface area contributed by atoms with E-state index in [2.05, 4.69) is 55.4 Å². The van der Waals surface area contributed by atoms with Crippen LogP contribution in [0.25, 0.3) is 0 Å². The fourth-order valence-corrected chi connectivity index (χ4v) is 11.4. The van der Waals surface area contributed by atoms with Gasteiger partial charge < -0.3 is 0 Å². The van der Waals surface area contributed by atoms with Crippen molar-refractivity contribution in [1.82, 2.24) is 0 Å². The van der Waals surface area contributed by atoms with Gasteiger partial charge >= 0.3 is 0 Å². The average molecular weight is 413 g/mol. The van der Waals surface area contributed by atoms with Gasteiger partial charge in [-0.25, -0.2) is 0 Å². The van der Waals surface area contributed by atoms with Crippen LogP contribution in [0.15, 0.2) is 0 Å². The third-order valence-electron chi connectivity index (χ3n) is 13.4. The molecule has 0 radical (unpaired) electrons. The van der Waals surface area contributed by atoms with Gasteiger partial charge in [0.2, 0.25) is 0 Å². The predicted molar refractivity (Wildman–Crippen MR) is 129 cm³/mol. The summed E-state index contributed by atoms with van der Waals surface area (Å²) in [6.45, 7) is 21.4. The zero-order valence-electron chi connectivity index (χ0n) is 21.8. The topological polar surface area (TPSA) is 0 Å². The van der Waals surface area contributed by atoms with Crippen LogP contribution in [0.3, 0.4) is 0 Å². The first-order valence-corrected chi connectivity index (χ1v) is 13.8. The normalized spacial score (nSPS) is 56.8. The summed E-state index contributed by atoms with van der Waals surface area (Å²) in [5.74, 6) is 3.88. The van der Waals surface area contributed by atoms with Gasteiger partial charge in [0.1, 0.15) is 0 Å².